The molecule has 102 valence electrons. The highest BCUT2D eigenvalue weighted by atomic mass is 16.4. The van der Waals surface area contributed by atoms with Crippen LogP contribution in [0.2, 0.25) is 0 Å². The molecule has 5 nitrogen and oxygen atoms in total. The summed E-state index contributed by atoms with van der Waals surface area (Å²) in [6, 6.07) is 0. The van der Waals surface area contributed by atoms with Gasteiger partial charge in [0.05, 0.1) is 0 Å². The van der Waals surface area contributed by atoms with Crippen LogP contribution in [-0.2, 0) is 9.59 Å². The molecule has 1 saturated carbocycles. The first-order valence-electron chi connectivity index (χ1n) is 6.87. The lowest BCUT2D eigenvalue weighted by Gasteiger charge is -2.27. The molecule has 1 heterocycles. The highest BCUT2D eigenvalue weighted by Crippen LogP contribution is 2.30. The van der Waals surface area contributed by atoms with Crippen LogP contribution < -0.4 is 10.6 Å². The minimum absolute atomic E-state index is 0.0915. The lowest BCUT2D eigenvalue weighted by molar-refractivity contribution is -0.147. The summed E-state index contributed by atoms with van der Waals surface area (Å²) < 4.78 is 0. The number of carbonyl (C=O) groups excluding carboxylic acids is 1. The second-order valence-electron chi connectivity index (χ2n) is 5.54. The molecule has 0 aromatic rings. The number of carboxylic acids is 1. The molecular formula is C13H22N2O3. The molecule has 0 aromatic carbocycles. The number of hydrogen-bond acceptors (Lipinski definition) is 3. The molecule has 2 rings (SSSR count). The number of amides is 1. The Balaban J connectivity index is 1.87. The molecule has 3 N–H and O–H groups in total. The zero-order valence-electron chi connectivity index (χ0n) is 10.7. The van der Waals surface area contributed by atoms with E-state index in [1.165, 1.54) is 0 Å². The molecule has 18 heavy (non-hydrogen) atoms. The summed E-state index contributed by atoms with van der Waals surface area (Å²) in [6.07, 6.45) is 5.40. The van der Waals surface area contributed by atoms with Crippen molar-refractivity contribution in [1.29, 1.82) is 0 Å². The first kappa shape index (κ1) is 13.3. The molecule has 0 atom stereocenters. The van der Waals surface area contributed by atoms with Crippen molar-refractivity contribution < 1.29 is 14.7 Å². The molecule has 5 heteroatoms. The number of carboxylic acid groups (broad SMARTS) is 1. The van der Waals surface area contributed by atoms with Gasteiger partial charge in [-0.05, 0) is 44.7 Å². The average molecular weight is 254 g/mol. The van der Waals surface area contributed by atoms with E-state index in [0.29, 0.717) is 25.2 Å². The molecule has 1 aliphatic carbocycles. The normalized spacial score (nSPS) is 23.8. The van der Waals surface area contributed by atoms with Gasteiger partial charge >= 0.3 is 5.97 Å². The fourth-order valence-electron chi connectivity index (χ4n) is 3.04. The molecule has 0 bridgehead atoms. The van der Waals surface area contributed by atoms with E-state index in [-0.39, 0.29) is 5.91 Å². The van der Waals surface area contributed by atoms with Gasteiger partial charge in [0.2, 0.25) is 5.91 Å². The first-order chi connectivity index (χ1) is 8.62. The summed E-state index contributed by atoms with van der Waals surface area (Å²) in [5, 5.41) is 15.3. The third-order valence-electron chi connectivity index (χ3n) is 4.18. The number of nitrogens with one attached hydrogen (secondary N) is 2. The van der Waals surface area contributed by atoms with Crippen molar-refractivity contribution >= 4 is 11.9 Å². The first-order valence-corrected chi connectivity index (χ1v) is 6.87. The van der Waals surface area contributed by atoms with Gasteiger partial charge in [0, 0.05) is 6.42 Å². The fraction of sp³-hybridized carbons (Fsp3) is 0.846. The maximum absolute atomic E-state index is 12.0. The molecule has 0 aromatic heterocycles. The Hall–Kier alpha value is -1.10. The highest BCUT2D eigenvalue weighted by molar-refractivity contribution is 5.87. The van der Waals surface area contributed by atoms with Crippen molar-refractivity contribution in [2.24, 2.45) is 5.92 Å². The molecule has 1 amide bonds. The van der Waals surface area contributed by atoms with Crippen molar-refractivity contribution in [1.82, 2.24) is 10.6 Å². The van der Waals surface area contributed by atoms with Crippen LogP contribution in [0.1, 0.15) is 44.9 Å². The van der Waals surface area contributed by atoms with Gasteiger partial charge in [-0.2, -0.15) is 0 Å². The molecule has 1 saturated heterocycles. The zero-order valence-corrected chi connectivity index (χ0v) is 10.7. The topological polar surface area (TPSA) is 78.4 Å². The molecular weight excluding hydrogens is 232 g/mol. The number of carbonyl (C=O) groups is 2. The van der Waals surface area contributed by atoms with E-state index in [9.17, 15) is 14.7 Å². The maximum Gasteiger partial charge on any atom is 0.329 e. The minimum atomic E-state index is -0.982. The minimum Gasteiger partial charge on any atom is -0.480 e. The molecule has 2 fully saturated rings. The van der Waals surface area contributed by atoms with Gasteiger partial charge in [-0.15, -0.1) is 0 Å². The maximum atomic E-state index is 12.0. The van der Waals surface area contributed by atoms with Gasteiger partial charge in [-0.25, -0.2) is 4.79 Å². The molecule has 0 unspecified atom stereocenters. The molecule has 1 aliphatic heterocycles. The van der Waals surface area contributed by atoms with Crippen LogP contribution in [-0.4, -0.2) is 35.6 Å². The lowest BCUT2D eigenvalue weighted by atomic mass is 9.92. The summed E-state index contributed by atoms with van der Waals surface area (Å²) in [6.45, 7) is 1.92. The molecule has 0 spiro atoms. The molecule has 2 aliphatic rings. The second kappa shape index (κ2) is 5.69. The Kier molecular flexibility index (Phi) is 4.22. The van der Waals surface area contributed by atoms with E-state index in [4.69, 9.17) is 0 Å². The zero-order chi connectivity index (χ0) is 13.0. The van der Waals surface area contributed by atoms with Crippen LogP contribution in [0.3, 0.4) is 0 Å². The van der Waals surface area contributed by atoms with Crippen molar-refractivity contribution in [3.05, 3.63) is 0 Å². The van der Waals surface area contributed by atoms with Gasteiger partial charge in [0.1, 0.15) is 5.54 Å². The quantitative estimate of drug-likeness (QED) is 0.696. The van der Waals surface area contributed by atoms with E-state index in [0.717, 1.165) is 38.8 Å². The smallest absolute Gasteiger partial charge is 0.329 e. The third kappa shape index (κ3) is 3.02. The van der Waals surface area contributed by atoms with E-state index in [1.54, 1.807) is 0 Å². The number of rotatable bonds is 4. The van der Waals surface area contributed by atoms with Gasteiger partial charge in [-0.1, -0.05) is 12.8 Å². The van der Waals surface area contributed by atoms with Gasteiger partial charge in [0.25, 0.3) is 0 Å². The summed E-state index contributed by atoms with van der Waals surface area (Å²) in [5.74, 6) is -0.566. The highest BCUT2D eigenvalue weighted by Gasteiger charge is 2.42. The van der Waals surface area contributed by atoms with Crippen molar-refractivity contribution in [3.63, 3.8) is 0 Å². The van der Waals surface area contributed by atoms with Gasteiger partial charge in [-0.3, -0.25) is 4.79 Å². The summed E-state index contributed by atoms with van der Waals surface area (Å²) in [5.41, 5.74) is -0.982. The van der Waals surface area contributed by atoms with Crippen LogP contribution in [0.5, 0.6) is 0 Å². The van der Waals surface area contributed by atoms with Crippen molar-refractivity contribution in [2.75, 3.05) is 13.1 Å². The van der Waals surface area contributed by atoms with Crippen molar-refractivity contribution in [2.45, 2.75) is 50.5 Å². The summed E-state index contributed by atoms with van der Waals surface area (Å²) in [7, 11) is 0. The average Bonchev–Trinajstić information content (AvgIpc) is 2.80. The lowest BCUT2D eigenvalue weighted by Crippen LogP contribution is -2.53. The van der Waals surface area contributed by atoms with Crippen molar-refractivity contribution in [3.8, 4) is 0 Å². The standard InChI is InChI=1S/C13H22N2O3/c16-11(9-10-3-7-14-8-4-10)15-13(12(17)18)5-1-2-6-13/h10,14H,1-9H2,(H,15,16)(H,17,18). The Morgan fingerprint density at radius 1 is 1.22 bits per heavy atom. The van der Waals surface area contributed by atoms with Gasteiger partial charge in [0.15, 0.2) is 0 Å². The summed E-state index contributed by atoms with van der Waals surface area (Å²) in [4.78, 5) is 23.3. The van der Waals surface area contributed by atoms with Crippen LogP contribution in [0.4, 0.5) is 0 Å². The number of piperidine rings is 1. The predicted molar refractivity (Wildman–Crippen MR) is 67.2 cm³/mol. The molecule has 0 radical (unpaired) electrons. The fourth-order valence-corrected chi connectivity index (χ4v) is 3.04. The predicted octanol–water partition coefficient (Wildman–Crippen LogP) is 0.890. The van der Waals surface area contributed by atoms with Crippen LogP contribution in [0, 0.1) is 5.92 Å². The summed E-state index contributed by atoms with van der Waals surface area (Å²) >= 11 is 0. The Morgan fingerprint density at radius 2 is 1.83 bits per heavy atom. The van der Waals surface area contributed by atoms with E-state index in [2.05, 4.69) is 10.6 Å². The number of aliphatic carboxylic acids is 1. The monoisotopic (exact) mass is 254 g/mol. The SMILES string of the molecule is O=C(CC1CCNCC1)NC1(C(=O)O)CCCC1. The van der Waals surface area contributed by atoms with Crippen LogP contribution in [0.15, 0.2) is 0 Å². The van der Waals surface area contributed by atoms with Gasteiger partial charge < -0.3 is 15.7 Å². The van der Waals surface area contributed by atoms with Crippen LogP contribution in [0.25, 0.3) is 0 Å². The third-order valence-corrected chi connectivity index (χ3v) is 4.18. The second-order valence-corrected chi connectivity index (χ2v) is 5.54. The largest absolute Gasteiger partial charge is 0.480 e. The number of hydrogen-bond donors (Lipinski definition) is 3. The van der Waals surface area contributed by atoms with E-state index < -0.39 is 11.5 Å². The Labute approximate surface area is 107 Å². The van der Waals surface area contributed by atoms with E-state index in [1.807, 2.05) is 0 Å². The van der Waals surface area contributed by atoms with E-state index >= 15 is 0 Å². The Morgan fingerprint density at radius 3 is 2.39 bits per heavy atom. The Bertz CT molecular complexity index is 318. The van der Waals surface area contributed by atoms with Crippen LogP contribution >= 0.6 is 0 Å².